The molecule has 4 heteroatoms. The molecule has 1 heterocycles. The Morgan fingerprint density at radius 2 is 2.17 bits per heavy atom. The van der Waals surface area contributed by atoms with Crippen molar-refractivity contribution >= 4 is 22.0 Å². The van der Waals surface area contributed by atoms with E-state index in [1.165, 1.54) is 0 Å². The smallest absolute Gasteiger partial charge is 0.186 e. The van der Waals surface area contributed by atoms with Crippen LogP contribution >= 0.6 is 0 Å². The van der Waals surface area contributed by atoms with Crippen LogP contribution in [0.3, 0.4) is 0 Å². The van der Waals surface area contributed by atoms with Gasteiger partial charge in [0.05, 0.1) is 4.90 Å². The highest BCUT2D eigenvalue weighted by molar-refractivity contribution is 7.79. The van der Waals surface area contributed by atoms with E-state index in [1.54, 1.807) is 24.4 Å². The molecule has 0 saturated carbocycles. The molecule has 62 valence electrons. The zero-order chi connectivity index (χ0) is 8.55. The van der Waals surface area contributed by atoms with Crippen LogP contribution in [0.15, 0.2) is 35.4 Å². The molecule has 0 radical (unpaired) electrons. The van der Waals surface area contributed by atoms with Crippen molar-refractivity contribution in [2.75, 3.05) is 0 Å². The lowest BCUT2D eigenvalue weighted by Gasteiger charge is -1.93. The maximum atomic E-state index is 10.7. The lowest BCUT2D eigenvalue weighted by Crippen LogP contribution is -1.86. The number of aromatic amines is 1. The minimum absolute atomic E-state index is 0.433. The third kappa shape index (κ3) is 1.15. The average molecular weight is 181 g/mol. The van der Waals surface area contributed by atoms with Crippen molar-refractivity contribution in [1.29, 1.82) is 0 Å². The van der Waals surface area contributed by atoms with Gasteiger partial charge in [0.15, 0.2) is 11.1 Å². The van der Waals surface area contributed by atoms with Crippen LogP contribution in [-0.4, -0.2) is 13.7 Å². The van der Waals surface area contributed by atoms with Crippen molar-refractivity contribution in [2.24, 2.45) is 0 Å². The minimum Gasteiger partial charge on any atom is -0.361 e. The van der Waals surface area contributed by atoms with Gasteiger partial charge in [-0.1, -0.05) is 0 Å². The number of fused-ring (bicyclic) bond motifs is 1. The predicted octanol–water partition coefficient (Wildman–Crippen LogP) is 1.75. The van der Waals surface area contributed by atoms with Gasteiger partial charge >= 0.3 is 0 Å². The summed E-state index contributed by atoms with van der Waals surface area (Å²) >= 11 is -1.88. The van der Waals surface area contributed by atoms with Gasteiger partial charge in [-0.05, 0) is 24.3 Å². The van der Waals surface area contributed by atoms with Gasteiger partial charge in [0.1, 0.15) is 0 Å². The van der Waals surface area contributed by atoms with Gasteiger partial charge in [0.25, 0.3) is 0 Å². The summed E-state index contributed by atoms with van der Waals surface area (Å²) in [6.45, 7) is 0. The number of hydrogen-bond acceptors (Lipinski definition) is 1. The molecule has 0 spiro atoms. The molecule has 0 aliphatic heterocycles. The maximum absolute atomic E-state index is 10.7. The fraction of sp³-hybridized carbons (Fsp3) is 0. The molecule has 3 nitrogen and oxygen atoms in total. The van der Waals surface area contributed by atoms with E-state index in [9.17, 15) is 4.21 Å². The first-order valence-corrected chi connectivity index (χ1v) is 4.56. The van der Waals surface area contributed by atoms with E-state index >= 15 is 0 Å². The second kappa shape index (κ2) is 2.73. The summed E-state index contributed by atoms with van der Waals surface area (Å²) in [5.74, 6) is 0. The van der Waals surface area contributed by atoms with Crippen molar-refractivity contribution in [2.45, 2.75) is 4.90 Å². The lowest BCUT2D eigenvalue weighted by atomic mass is 10.2. The Labute approximate surface area is 71.7 Å². The molecule has 2 N–H and O–H groups in total. The number of aromatic nitrogens is 1. The van der Waals surface area contributed by atoms with Crippen LogP contribution in [0.1, 0.15) is 0 Å². The molecule has 2 rings (SSSR count). The van der Waals surface area contributed by atoms with Crippen molar-refractivity contribution in [3.63, 3.8) is 0 Å². The van der Waals surface area contributed by atoms with Gasteiger partial charge in [0, 0.05) is 17.1 Å². The van der Waals surface area contributed by atoms with Crippen molar-refractivity contribution in [1.82, 2.24) is 4.98 Å². The van der Waals surface area contributed by atoms with Gasteiger partial charge in [-0.15, -0.1) is 0 Å². The zero-order valence-corrected chi connectivity index (χ0v) is 6.97. The molecule has 2 aromatic rings. The fourth-order valence-corrected chi connectivity index (χ4v) is 1.55. The van der Waals surface area contributed by atoms with E-state index in [0.717, 1.165) is 10.9 Å². The second-order valence-electron chi connectivity index (χ2n) is 2.48. The van der Waals surface area contributed by atoms with Crippen molar-refractivity contribution < 1.29 is 8.76 Å². The number of benzene rings is 1. The first-order chi connectivity index (χ1) is 5.77. The van der Waals surface area contributed by atoms with E-state index in [1.807, 2.05) is 6.07 Å². The van der Waals surface area contributed by atoms with Gasteiger partial charge in [-0.25, -0.2) is 4.21 Å². The summed E-state index contributed by atoms with van der Waals surface area (Å²) in [4.78, 5) is 3.44. The highest BCUT2D eigenvalue weighted by atomic mass is 32.2. The van der Waals surface area contributed by atoms with Gasteiger partial charge in [-0.3, -0.25) is 0 Å². The molecule has 0 amide bonds. The Morgan fingerprint density at radius 3 is 2.92 bits per heavy atom. The Morgan fingerprint density at radius 1 is 1.33 bits per heavy atom. The van der Waals surface area contributed by atoms with Crippen molar-refractivity contribution in [3.8, 4) is 0 Å². The molecule has 0 saturated heterocycles. The van der Waals surface area contributed by atoms with E-state index in [2.05, 4.69) is 4.98 Å². The number of H-pyrrole nitrogens is 1. The molecule has 1 aromatic heterocycles. The standard InChI is InChI=1S/C8H7NO2S/c10-12(11)7-1-2-8-6(5-7)3-4-9-8/h1-5,9H,(H,10,11). The zero-order valence-electron chi connectivity index (χ0n) is 6.15. The molecule has 1 aromatic carbocycles. The molecule has 1 unspecified atom stereocenters. The van der Waals surface area contributed by atoms with Crippen LogP contribution in [0.5, 0.6) is 0 Å². The Hall–Kier alpha value is -1.13. The Balaban J connectivity index is 2.68. The van der Waals surface area contributed by atoms with Crippen LogP contribution in [-0.2, 0) is 11.1 Å². The monoisotopic (exact) mass is 181 g/mol. The summed E-state index contributed by atoms with van der Waals surface area (Å²) in [6, 6.07) is 6.99. The van der Waals surface area contributed by atoms with Gasteiger partial charge < -0.3 is 9.54 Å². The number of rotatable bonds is 1. The van der Waals surface area contributed by atoms with Crippen LogP contribution in [0.2, 0.25) is 0 Å². The SMILES string of the molecule is O=S(O)c1ccc2[nH]ccc2c1. The highest BCUT2D eigenvalue weighted by Gasteiger charge is 2.00. The quantitative estimate of drug-likeness (QED) is 0.658. The number of nitrogens with one attached hydrogen (secondary N) is 1. The van der Waals surface area contributed by atoms with E-state index < -0.39 is 11.1 Å². The largest absolute Gasteiger partial charge is 0.361 e. The molecule has 1 atom stereocenters. The maximum Gasteiger partial charge on any atom is 0.186 e. The number of hydrogen-bond donors (Lipinski definition) is 2. The molecule has 0 bridgehead atoms. The molecule has 0 fully saturated rings. The van der Waals surface area contributed by atoms with Crippen LogP contribution < -0.4 is 0 Å². The van der Waals surface area contributed by atoms with Crippen LogP contribution in [0.25, 0.3) is 10.9 Å². The molecular weight excluding hydrogens is 174 g/mol. The van der Waals surface area contributed by atoms with E-state index in [4.69, 9.17) is 4.55 Å². The van der Waals surface area contributed by atoms with Crippen LogP contribution in [0, 0.1) is 0 Å². The fourth-order valence-electron chi connectivity index (χ4n) is 1.14. The summed E-state index contributed by atoms with van der Waals surface area (Å²) in [5.41, 5.74) is 0.976. The Bertz CT molecular complexity index is 435. The summed E-state index contributed by atoms with van der Waals surface area (Å²) in [7, 11) is 0. The lowest BCUT2D eigenvalue weighted by molar-refractivity contribution is 0.564. The molecule has 0 aliphatic rings. The summed E-state index contributed by atoms with van der Waals surface area (Å²) in [5, 5.41) is 0.954. The van der Waals surface area contributed by atoms with E-state index in [-0.39, 0.29) is 0 Å². The topological polar surface area (TPSA) is 53.1 Å². The summed E-state index contributed by atoms with van der Waals surface area (Å²) in [6.07, 6.45) is 1.80. The minimum atomic E-state index is -1.88. The third-order valence-corrected chi connectivity index (χ3v) is 2.38. The Kier molecular flexibility index (Phi) is 1.71. The van der Waals surface area contributed by atoms with Crippen LogP contribution in [0.4, 0.5) is 0 Å². The first kappa shape index (κ1) is 7.52. The average Bonchev–Trinajstić information content (AvgIpc) is 2.49. The molecular formula is C8H7NO2S. The van der Waals surface area contributed by atoms with Crippen molar-refractivity contribution in [3.05, 3.63) is 30.5 Å². The normalized spacial score (nSPS) is 13.4. The second-order valence-corrected chi connectivity index (χ2v) is 3.45. The first-order valence-electron chi connectivity index (χ1n) is 3.45. The highest BCUT2D eigenvalue weighted by Crippen LogP contribution is 2.15. The van der Waals surface area contributed by atoms with Gasteiger partial charge in [0.2, 0.25) is 0 Å². The predicted molar refractivity (Wildman–Crippen MR) is 47.3 cm³/mol. The summed E-state index contributed by atoms with van der Waals surface area (Å²) < 4.78 is 19.5. The third-order valence-electron chi connectivity index (χ3n) is 1.73. The molecule has 12 heavy (non-hydrogen) atoms. The van der Waals surface area contributed by atoms with E-state index in [0.29, 0.717) is 4.90 Å². The molecule has 0 aliphatic carbocycles. The van der Waals surface area contributed by atoms with Gasteiger partial charge in [-0.2, -0.15) is 0 Å².